The molecular weight excluding hydrogens is 256 g/mol. The lowest BCUT2D eigenvalue weighted by Gasteiger charge is -2.38. The van der Waals surface area contributed by atoms with Gasteiger partial charge in [0, 0.05) is 12.0 Å². The molecule has 5 heteroatoms. The van der Waals surface area contributed by atoms with Crippen LogP contribution in [0, 0.1) is 11.3 Å². The van der Waals surface area contributed by atoms with E-state index < -0.39 is 16.9 Å². The number of rotatable bonds is 9. The Labute approximate surface area is 122 Å². The Morgan fingerprint density at radius 3 is 2.15 bits per heavy atom. The molecule has 0 radical (unpaired) electrons. The Bertz CT molecular complexity index is 338. The highest BCUT2D eigenvalue weighted by molar-refractivity contribution is 5.80. The van der Waals surface area contributed by atoms with Crippen molar-refractivity contribution >= 4 is 11.9 Å². The van der Waals surface area contributed by atoms with Crippen LogP contribution in [0.5, 0.6) is 0 Å². The van der Waals surface area contributed by atoms with Crippen molar-refractivity contribution in [1.82, 2.24) is 5.32 Å². The molecule has 0 saturated heterocycles. The van der Waals surface area contributed by atoms with Crippen LogP contribution in [0.15, 0.2) is 0 Å². The summed E-state index contributed by atoms with van der Waals surface area (Å²) < 4.78 is 0. The van der Waals surface area contributed by atoms with E-state index in [-0.39, 0.29) is 5.91 Å². The van der Waals surface area contributed by atoms with E-state index in [0.29, 0.717) is 18.9 Å². The zero-order valence-corrected chi connectivity index (χ0v) is 13.5. The first kappa shape index (κ1) is 18.9. The van der Waals surface area contributed by atoms with Crippen LogP contribution in [0.2, 0.25) is 0 Å². The summed E-state index contributed by atoms with van der Waals surface area (Å²) in [5, 5.41) is 12.1. The lowest BCUT2D eigenvalue weighted by atomic mass is 9.74. The quantitative estimate of drug-likeness (QED) is 0.605. The number of carbonyl (C=O) groups excluding carboxylic acids is 1. The first-order valence-electron chi connectivity index (χ1n) is 7.33. The molecule has 1 unspecified atom stereocenters. The average molecular weight is 286 g/mol. The van der Waals surface area contributed by atoms with Crippen molar-refractivity contribution < 1.29 is 14.7 Å². The topological polar surface area (TPSA) is 92.4 Å². The van der Waals surface area contributed by atoms with Gasteiger partial charge in [0.25, 0.3) is 0 Å². The molecule has 0 spiro atoms. The fraction of sp³-hybridized carbons (Fsp3) is 0.867. The zero-order chi connectivity index (χ0) is 16.0. The Hall–Kier alpha value is -1.10. The highest BCUT2D eigenvalue weighted by Gasteiger charge is 2.44. The van der Waals surface area contributed by atoms with Gasteiger partial charge >= 0.3 is 5.97 Å². The van der Waals surface area contributed by atoms with Crippen molar-refractivity contribution in [2.75, 3.05) is 6.54 Å². The molecule has 20 heavy (non-hydrogen) atoms. The molecule has 1 amide bonds. The highest BCUT2D eigenvalue weighted by Crippen LogP contribution is 2.30. The fourth-order valence-electron chi connectivity index (χ4n) is 1.96. The summed E-state index contributed by atoms with van der Waals surface area (Å²) in [4.78, 5) is 23.3. The summed E-state index contributed by atoms with van der Waals surface area (Å²) in [6.45, 7) is 9.47. The zero-order valence-electron chi connectivity index (χ0n) is 13.5. The predicted molar refractivity (Wildman–Crippen MR) is 80.3 cm³/mol. The summed E-state index contributed by atoms with van der Waals surface area (Å²) >= 11 is 0. The first-order valence-corrected chi connectivity index (χ1v) is 7.33. The second-order valence-electron chi connectivity index (χ2n) is 6.49. The van der Waals surface area contributed by atoms with E-state index in [1.807, 2.05) is 0 Å². The van der Waals surface area contributed by atoms with Crippen LogP contribution in [0.3, 0.4) is 0 Å². The second-order valence-corrected chi connectivity index (χ2v) is 6.49. The molecule has 0 aliphatic heterocycles. The molecular formula is C15H30N2O3. The molecule has 0 saturated carbocycles. The molecule has 5 nitrogen and oxygen atoms in total. The maximum atomic E-state index is 12.0. The van der Waals surface area contributed by atoms with Crippen molar-refractivity contribution in [1.29, 1.82) is 0 Å². The van der Waals surface area contributed by atoms with Crippen LogP contribution in [-0.2, 0) is 9.59 Å². The molecule has 0 rings (SSSR count). The molecule has 0 aliphatic rings. The Morgan fingerprint density at radius 1 is 1.20 bits per heavy atom. The van der Waals surface area contributed by atoms with Crippen molar-refractivity contribution in [3.8, 4) is 0 Å². The van der Waals surface area contributed by atoms with Crippen LogP contribution in [0.1, 0.15) is 60.3 Å². The van der Waals surface area contributed by atoms with E-state index in [0.717, 1.165) is 19.3 Å². The highest BCUT2D eigenvalue weighted by atomic mass is 16.4. The number of carboxylic acids is 1. The number of hydrogen-bond acceptors (Lipinski definition) is 3. The van der Waals surface area contributed by atoms with Crippen LogP contribution in [0.25, 0.3) is 0 Å². The Morgan fingerprint density at radius 2 is 1.75 bits per heavy atom. The van der Waals surface area contributed by atoms with Gasteiger partial charge in [-0.05, 0) is 53.0 Å². The summed E-state index contributed by atoms with van der Waals surface area (Å²) in [6, 6.07) is 0. The summed E-state index contributed by atoms with van der Waals surface area (Å²) in [6.07, 6.45) is 3.14. The molecule has 0 aromatic carbocycles. The molecule has 0 aromatic heterocycles. The molecule has 118 valence electrons. The lowest BCUT2D eigenvalue weighted by molar-refractivity contribution is -0.151. The van der Waals surface area contributed by atoms with Gasteiger partial charge in [0.15, 0.2) is 0 Å². The minimum atomic E-state index is -1.02. The molecule has 0 bridgehead atoms. The fourth-order valence-corrected chi connectivity index (χ4v) is 1.96. The van der Waals surface area contributed by atoms with E-state index >= 15 is 0 Å². The largest absolute Gasteiger partial charge is 0.481 e. The maximum Gasteiger partial charge on any atom is 0.311 e. The number of hydrogen-bond donors (Lipinski definition) is 3. The third kappa shape index (κ3) is 5.12. The van der Waals surface area contributed by atoms with Gasteiger partial charge in [-0.3, -0.25) is 9.59 Å². The lowest BCUT2D eigenvalue weighted by Crippen LogP contribution is -2.56. The number of carbonyl (C=O) groups is 2. The van der Waals surface area contributed by atoms with Crippen LogP contribution in [-0.4, -0.2) is 29.1 Å². The number of nitrogens with two attached hydrogens (primary N) is 1. The number of aliphatic carboxylic acids is 1. The van der Waals surface area contributed by atoms with Gasteiger partial charge in [-0.1, -0.05) is 13.3 Å². The number of carboxylic acid groups (broad SMARTS) is 1. The van der Waals surface area contributed by atoms with E-state index in [4.69, 9.17) is 5.73 Å². The van der Waals surface area contributed by atoms with Crippen molar-refractivity contribution in [3.63, 3.8) is 0 Å². The minimum Gasteiger partial charge on any atom is -0.481 e. The Kier molecular flexibility index (Phi) is 7.20. The van der Waals surface area contributed by atoms with Crippen LogP contribution < -0.4 is 11.1 Å². The maximum absolute atomic E-state index is 12.0. The molecule has 4 N–H and O–H groups in total. The van der Waals surface area contributed by atoms with Gasteiger partial charge in [0.05, 0.1) is 5.41 Å². The molecule has 0 aliphatic carbocycles. The Balaban J connectivity index is 4.49. The van der Waals surface area contributed by atoms with Gasteiger partial charge in [-0.15, -0.1) is 0 Å². The number of amides is 1. The van der Waals surface area contributed by atoms with E-state index in [1.54, 1.807) is 27.7 Å². The van der Waals surface area contributed by atoms with Crippen LogP contribution >= 0.6 is 0 Å². The molecule has 1 atom stereocenters. The summed E-state index contributed by atoms with van der Waals surface area (Å²) in [5.41, 5.74) is 3.71. The monoisotopic (exact) mass is 286 g/mol. The van der Waals surface area contributed by atoms with E-state index in [2.05, 4.69) is 12.2 Å². The summed E-state index contributed by atoms with van der Waals surface area (Å²) in [5.74, 6) is -0.557. The van der Waals surface area contributed by atoms with Crippen LogP contribution in [0.4, 0.5) is 0 Å². The predicted octanol–water partition coefficient (Wildman–Crippen LogP) is 2.15. The summed E-state index contributed by atoms with van der Waals surface area (Å²) in [7, 11) is 0. The second kappa shape index (κ2) is 7.62. The average Bonchev–Trinajstić information content (AvgIpc) is 2.33. The minimum absolute atomic E-state index is 0.0974. The standard InChI is InChI=1S/C15H30N2O3/c1-6-11(9-10-16)7-8-12(18)17-15(4,5)14(2,3)13(19)20/h11H,6-10,16H2,1-5H3,(H,17,18)(H,19,20). The SMILES string of the molecule is CCC(CCN)CCC(=O)NC(C)(C)C(C)(C)C(=O)O. The third-order valence-electron chi connectivity index (χ3n) is 4.48. The molecule has 0 fully saturated rings. The first-order chi connectivity index (χ1) is 9.08. The van der Waals surface area contributed by atoms with Gasteiger partial charge in [0.2, 0.25) is 5.91 Å². The number of nitrogens with one attached hydrogen (secondary N) is 1. The van der Waals surface area contributed by atoms with Gasteiger partial charge < -0.3 is 16.2 Å². The van der Waals surface area contributed by atoms with Gasteiger partial charge in [-0.2, -0.15) is 0 Å². The normalized spacial score (nSPS) is 13.9. The van der Waals surface area contributed by atoms with E-state index in [9.17, 15) is 14.7 Å². The molecule has 0 aromatic rings. The third-order valence-corrected chi connectivity index (χ3v) is 4.48. The van der Waals surface area contributed by atoms with Crippen molar-refractivity contribution in [2.45, 2.75) is 65.8 Å². The van der Waals surface area contributed by atoms with Crippen molar-refractivity contribution in [2.24, 2.45) is 17.1 Å². The van der Waals surface area contributed by atoms with Gasteiger partial charge in [-0.25, -0.2) is 0 Å². The van der Waals surface area contributed by atoms with E-state index in [1.165, 1.54) is 0 Å². The van der Waals surface area contributed by atoms with Crippen molar-refractivity contribution in [3.05, 3.63) is 0 Å². The molecule has 0 heterocycles. The smallest absolute Gasteiger partial charge is 0.311 e. The van der Waals surface area contributed by atoms with Gasteiger partial charge in [0.1, 0.15) is 0 Å².